The molecule has 1 fully saturated rings. The number of ether oxygens (including phenoxy) is 1. The van der Waals surface area contributed by atoms with Gasteiger partial charge in [0.1, 0.15) is 5.60 Å². The van der Waals surface area contributed by atoms with Crippen LogP contribution in [0.1, 0.15) is 33.6 Å². The number of halogens is 1. The van der Waals surface area contributed by atoms with Crippen LogP contribution in [0.4, 0.5) is 9.18 Å². The minimum absolute atomic E-state index is 0.0572. The molecule has 0 heterocycles. The lowest BCUT2D eigenvalue weighted by Crippen LogP contribution is -2.47. The largest absolute Gasteiger partial charge is 0.443 e. The minimum atomic E-state index is -4.17. The average molecular weight is 254 g/mol. The molecule has 2 N–H and O–H groups in total. The van der Waals surface area contributed by atoms with Gasteiger partial charge < -0.3 is 4.74 Å². The Morgan fingerprint density at radius 1 is 1.38 bits per heavy atom. The standard InChI is InChI=1S/C8H15FN2O4S/c1-7(2,3)15-6(12)10-11-16(13,14)8(9)4-5-8/h11H,4-5H2,1-3H3,(H,10,12). The summed E-state index contributed by atoms with van der Waals surface area (Å²) in [5, 5.41) is -2.25. The molecule has 0 aromatic carbocycles. The molecule has 0 radical (unpaired) electrons. The van der Waals surface area contributed by atoms with E-state index in [1.54, 1.807) is 31.0 Å². The Morgan fingerprint density at radius 3 is 2.25 bits per heavy atom. The molecule has 0 unspecified atom stereocenters. The Kier molecular flexibility index (Phi) is 3.17. The normalized spacial score (nSPS) is 19.0. The maximum absolute atomic E-state index is 13.2. The van der Waals surface area contributed by atoms with Gasteiger partial charge in [-0.2, -0.15) is 0 Å². The number of nitrogens with one attached hydrogen (secondary N) is 2. The van der Waals surface area contributed by atoms with Gasteiger partial charge in [0.15, 0.2) is 0 Å². The van der Waals surface area contributed by atoms with E-state index in [2.05, 4.69) is 0 Å². The van der Waals surface area contributed by atoms with Crippen molar-refractivity contribution >= 4 is 16.1 Å². The molecular weight excluding hydrogens is 239 g/mol. The molecule has 0 atom stereocenters. The van der Waals surface area contributed by atoms with Crippen LogP contribution in [0.15, 0.2) is 0 Å². The Balaban J connectivity index is 2.44. The van der Waals surface area contributed by atoms with E-state index in [-0.39, 0.29) is 12.8 Å². The Bertz CT molecular complexity index is 383. The van der Waals surface area contributed by atoms with Crippen LogP contribution in [0, 0.1) is 0 Å². The molecule has 1 rings (SSSR count). The monoisotopic (exact) mass is 254 g/mol. The average Bonchev–Trinajstić information content (AvgIpc) is 2.79. The van der Waals surface area contributed by atoms with Gasteiger partial charge in [0.25, 0.3) is 10.0 Å². The Labute approximate surface area is 93.6 Å². The quantitative estimate of drug-likeness (QED) is 0.730. The van der Waals surface area contributed by atoms with E-state index in [4.69, 9.17) is 4.74 Å². The molecule has 1 aliphatic carbocycles. The van der Waals surface area contributed by atoms with Crippen molar-refractivity contribution < 1.29 is 22.3 Å². The van der Waals surface area contributed by atoms with E-state index >= 15 is 0 Å². The van der Waals surface area contributed by atoms with Gasteiger partial charge in [0, 0.05) is 12.8 Å². The molecule has 8 heteroatoms. The predicted molar refractivity (Wildman–Crippen MR) is 54.5 cm³/mol. The van der Waals surface area contributed by atoms with Crippen LogP contribution in [-0.2, 0) is 14.8 Å². The van der Waals surface area contributed by atoms with Gasteiger partial charge in [-0.15, -0.1) is 4.83 Å². The smallest absolute Gasteiger partial charge is 0.422 e. The molecule has 16 heavy (non-hydrogen) atoms. The highest BCUT2D eigenvalue weighted by molar-refractivity contribution is 7.91. The second-order valence-electron chi connectivity index (χ2n) is 4.62. The van der Waals surface area contributed by atoms with E-state index in [0.717, 1.165) is 0 Å². The van der Waals surface area contributed by atoms with Crippen molar-refractivity contribution in [1.29, 1.82) is 0 Å². The van der Waals surface area contributed by atoms with Crippen molar-refractivity contribution in [2.24, 2.45) is 0 Å². The van der Waals surface area contributed by atoms with Gasteiger partial charge in [-0.3, -0.25) is 0 Å². The number of carbonyl (C=O) groups is 1. The maximum atomic E-state index is 13.2. The molecular formula is C8H15FN2O4S. The number of alkyl halides is 1. The van der Waals surface area contributed by atoms with Gasteiger partial charge in [-0.25, -0.2) is 23.0 Å². The lowest BCUT2D eigenvalue weighted by Gasteiger charge is -2.20. The number of rotatable bonds is 3. The van der Waals surface area contributed by atoms with E-state index in [1.165, 1.54) is 0 Å². The topological polar surface area (TPSA) is 84.5 Å². The molecule has 0 aromatic heterocycles. The van der Waals surface area contributed by atoms with Crippen LogP contribution in [0.25, 0.3) is 0 Å². The van der Waals surface area contributed by atoms with Crippen molar-refractivity contribution in [3.8, 4) is 0 Å². The second-order valence-corrected chi connectivity index (χ2v) is 6.56. The van der Waals surface area contributed by atoms with E-state index < -0.39 is 26.7 Å². The van der Waals surface area contributed by atoms with Crippen LogP contribution in [0.2, 0.25) is 0 Å². The fraction of sp³-hybridized carbons (Fsp3) is 0.875. The van der Waals surface area contributed by atoms with Crippen LogP contribution in [0.3, 0.4) is 0 Å². The highest BCUT2D eigenvalue weighted by Crippen LogP contribution is 2.43. The molecule has 6 nitrogen and oxygen atoms in total. The fourth-order valence-electron chi connectivity index (χ4n) is 0.871. The van der Waals surface area contributed by atoms with Gasteiger partial charge in [-0.1, -0.05) is 0 Å². The zero-order valence-electron chi connectivity index (χ0n) is 9.33. The summed E-state index contributed by atoms with van der Waals surface area (Å²) in [6.45, 7) is 4.87. The zero-order valence-corrected chi connectivity index (χ0v) is 10.1. The predicted octanol–water partition coefficient (Wildman–Crippen LogP) is 0.805. The first-order chi connectivity index (χ1) is 7.06. The SMILES string of the molecule is CC(C)(C)OC(=O)NNS(=O)(=O)C1(F)CC1. The summed E-state index contributed by atoms with van der Waals surface area (Å²) in [6, 6.07) is 0. The lowest BCUT2D eigenvalue weighted by molar-refractivity contribution is 0.0514. The third-order valence-electron chi connectivity index (χ3n) is 1.81. The molecule has 0 saturated heterocycles. The van der Waals surface area contributed by atoms with Gasteiger partial charge in [-0.05, 0) is 20.8 Å². The van der Waals surface area contributed by atoms with Crippen molar-refractivity contribution in [3.63, 3.8) is 0 Å². The third kappa shape index (κ3) is 3.31. The van der Waals surface area contributed by atoms with Crippen LogP contribution in [0.5, 0.6) is 0 Å². The van der Waals surface area contributed by atoms with Crippen molar-refractivity contribution in [2.45, 2.75) is 44.2 Å². The first-order valence-corrected chi connectivity index (χ1v) is 6.23. The fourth-order valence-corrected chi connectivity index (χ4v) is 1.91. The molecule has 0 spiro atoms. The number of sulfonamides is 1. The molecule has 94 valence electrons. The third-order valence-corrected chi connectivity index (χ3v) is 3.55. The minimum Gasteiger partial charge on any atom is -0.443 e. The van der Waals surface area contributed by atoms with Gasteiger partial charge >= 0.3 is 6.09 Å². The van der Waals surface area contributed by atoms with Crippen LogP contribution < -0.4 is 10.3 Å². The molecule has 0 bridgehead atoms. The van der Waals surface area contributed by atoms with Gasteiger partial charge in [0.2, 0.25) is 5.00 Å². The Hall–Kier alpha value is -0.890. The van der Waals surface area contributed by atoms with Gasteiger partial charge in [0.05, 0.1) is 0 Å². The van der Waals surface area contributed by atoms with E-state index in [1.807, 2.05) is 0 Å². The second kappa shape index (κ2) is 3.85. The highest BCUT2D eigenvalue weighted by atomic mass is 32.2. The molecule has 1 aliphatic rings. The number of amides is 1. The number of hydrogen-bond acceptors (Lipinski definition) is 4. The molecule has 0 aliphatic heterocycles. The summed E-state index contributed by atoms with van der Waals surface area (Å²) in [5.41, 5.74) is 1.04. The van der Waals surface area contributed by atoms with Crippen molar-refractivity contribution in [1.82, 2.24) is 10.3 Å². The maximum Gasteiger partial charge on any atom is 0.422 e. The summed E-state index contributed by atoms with van der Waals surface area (Å²) >= 11 is 0. The summed E-state index contributed by atoms with van der Waals surface area (Å²) in [7, 11) is -4.17. The number of hydrazine groups is 1. The van der Waals surface area contributed by atoms with Crippen LogP contribution >= 0.6 is 0 Å². The van der Waals surface area contributed by atoms with Crippen molar-refractivity contribution in [2.75, 3.05) is 0 Å². The van der Waals surface area contributed by atoms with E-state index in [9.17, 15) is 17.6 Å². The zero-order chi connectivity index (χ0) is 12.6. The Morgan fingerprint density at radius 2 is 1.88 bits per heavy atom. The lowest BCUT2D eigenvalue weighted by atomic mass is 10.2. The highest BCUT2D eigenvalue weighted by Gasteiger charge is 2.56. The summed E-state index contributed by atoms with van der Waals surface area (Å²) in [5.74, 6) is 0. The molecule has 0 aromatic rings. The molecule has 1 amide bonds. The summed E-state index contributed by atoms with van der Waals surface area (Å²) in [4.78, 5) is 12.7. The van der Waals surface area contributed by atoms with Crippen LogP contribution in [-0.4, -0.2) is 25.1 Å². The summed E-state index contributed by atoms with van der Waals surface area (Å²) in [6.07, 6.45) is -1.09. The van der Waals surface area contributed by atoms with Crippen molar-refractivity contribution in [3.05, 3.63) is 0 Å². The first kappa shape index (κ1) is 13.2. The number of carbonyl (C=O) groups excluding carboxylic acids is 1. The first-order valence-electron chi connectivity index (χ1n) is 4.75. The molecule has 1 saturated carbocycles. The number of hydrogen-bond donors (Lipinski definition) is 2. The summed E-state index contributed by atoms with van der Waals surface area (Å²) < 4.78 is 40.4. The van der Waals surface area contributed by atoms with E-state index in [0.29, 0.717) is 0 Å².